The van der Waals surface area contributed by atoms with Gasteiger partial charge in [0.05, 0.1) is 12.4 Å². The van der Waals surface area contributed by atoms with Crippen molar-refractivity contribution in [3.05, 3.63) is 59.9 Å². The Hall–Kier alpha value is -2.46. The van der Waals surface area contributed by atoms with E-state index in [0.29, 0.717) is 18.1 Å². The Morgan fingerprint density at radius 1 is 1.14 bits per heavy atom. The van der Waals surface area contributed by atoms with Gasteiger partial charge in [-0.1, -0.05) is 49.7 Å². The molecule has 22 heavy (non-hydrogen) atoms. The lowest BCUT2D eigenvalue weighted by molar-refractivity contribution is -0.0419. The molecule has 0 amide bonds. The molecule has 4 heteroatoms. The van der Waals surface area contributed by atoms with Gasteiger partial charge in [-0.3, -0.25) is 10.3 Å². The zero-order valence-electron chi connectivity index (χ0n) is 12.6. The quantitative estimate of drug-likeness (QED) is 0.847. The van der Waals surface area contributed by atoms with Crippen LogP contribution in [0.5, 0.6) is 0 Å². The minimum atomic E-state index is 0.606. The van der Waals surface area contributed by atoms with Crippen LogP contribution in [0.2, 0.25) is 0 Å². The highest BCUT2D eigenvalue weighted by atomic mass is 16.5. The number of hydroxylamine groups is 2. The van der Waals surface area contributed by atoms with E-state index in [1.165, 1.54) is 15.8 Å². The van der Waals surface area contributed by atoms with E-state index in [0.717, 1.165) is 18.4 Å². The lowest BCUT2D eigenvalue weighted by Gasteiger charge is -2.10. The third kappa shape index (κ3) is 3.23. The first-order valence-electron chi connectivity index (χ1n) is 7.55. The Morgan fingerprint density at radius 2 is 1.95 bits per heavy atom. The van der Waals surface area contributed by atoms with Gasteiger partial charge in [0.1, 0.15) is 5.70 Å². The Morgan fingerprint density at radius 3 is 2.77 bits per heavy atom. The molecular formula is C18H19N3O. The normalized spacial score (nSPS) is 15.5. The van der Waals surface area contributed by atoms with Gasteiger partial charge in [-0.25, -0.2) is 9.98 Å². The number of fused-ring (bicyclic) bond motifs is 1. The van der Waals surface area contributed by atoms with Gasteiger partial charge in [0.2, 0.25) is 0 Å². The van der Waals surface area contributed by atoms with E-state index >= 15 is 0 Å². The van der Waals surface area contributed by atoms with Crippen molar-refractivity contribution in [2.45, 2.75) is 19.8 Å². The van der Waals surface area contributed by atoms with E-state index < -0.39 is 0 Å². The minimum Gasteiger partial charge on any atom is -0.289 e. The van der Waals surface area contributed by atoms with Crippen LogP contribution in [-0.4, -0.2) is 28.9 Å². The van der Waals surface area contributed by atoms with E-state index in [4.69, 9.17) is 0 Å². The van der Waals surface area contributed by atoms with Crippen LogP contribution in [0.4, 0.5) is 0 Å². The maximum atomic E-state index is 9.76. The van der Waals surface area contributed by atoms with Gasteiger partial charge < -0.3 is 0 Å². The number of hydrogen-bond acceptors (Lipinski definition) is 4. The summed E-state index contributed by atoms with van der Waals surface area (Å²) in [6.07, 6.45) is 5.28. The molecule has 0 atom stereocenters. The second-order valence-electron chi connectivity index (χ2n) is 5.33. The molecule has 1 N–H and O–H groups in total. The van der Waals surface area contributed by atoms with Crippen LogP contribution < -0.4 is 0 Å². The smallest absolute Gasteiger partial charge is 0.159 e. The predicted octanol–water partition coefficient (Wildman–Crippen LogP) is 4.00. The van der Waals surface area contributed by atoms with E-state index in [2.05, 4.69) is 41.2 Å². The fraction of sp³-hybridized carbons (Fsp3) is 0.222. The molecule has 0 bridgehead atoms. The van der Waals surface area contributed by atoms with Crippen molar-refractivity contribution in [1.29, 1.82) is 0 Å². The molecule has 0 aliphatic carbocycles. The molecule has 0 fully saturated rings. The Balaban J connectivity index is 1.81. The van der Waals surface area contributed by atoms with Gasteiger partial charge in [0.25, 0.3) is 0 Å². The summed E-state index contributed by atoms with van der Waals surface area (Å²) in [6.45, 7) is 2.70. The molecule has 0 aromatic heterocycles. The Bertz CT molecular complexity index is 762. The summed E-state index contributed by atoms with van der Waals surface area (Å²) < 4.78 is 0. The van der Waals surface area contributed by atoms with Crippen LogP contribution in [0.1, 0.15) is 25.3 Å². The number of benzene rings is 2. The zero-order chi connectivity index (χ0) is 15.4. The highest BCUT2D eigenvalue weighted by molar-refractivity contribution is 6.11. The van der Waals surface area contributed by atoms with Crippen molar-refractivity contribution in [2.24, 2.45) is 9.98 Å². The lowest BCUT2D eigenvalue weighted by atomic mass is 10.1. The number of allylic oxidation sites excluding steroid dienone is 1. The molecule has 0 saturated carbocycles. The number of unbranched alkanes of at least 4 members (excludes halogenated alkanes) is 1. The second-order valence-corrected chi connectivity index (χ2v) is 5.33. The van der Waals surface area contributed by atoms with Crippen molar-refractivity contribution < 1.29 is 5.21 Å². The lowest BCUT2D eigenvalue weighted by Crippen LogP contribution is -2.13. The number of amidine groups is 1. The highest BCUT2D eigenvalue weighted by Crippen LogP contribution is 2.18. The fourth-order valence-corrected chi connectivity index (χ4v) is 2.37. The van der Waals surface area contributed by atoms with Crippen molar-refractivity contribution in [3.63, 3.8) is 0 Å². The van der Waals surface area contributed by atoms with Crippen LogP contribution in [-0.2, 0) is 0 Å². The van der Waals surface area contributed by atoms with Crippen LogP contribution >= 0.6 is 0 Å². The van der Waals surface area contributed by atoms with E-state index in [9.17, 15) is 5.21 Å². The Kier molecular flexibility index (Phi) is 4.30. The number of hydrogen-bond donors (Lipinski definition) is 1. The van der Waals surface area contributed by atoms with E-state index in [1.807, 2.05) is 18.2 Å². The topological polar surface area (TPSA) is 48.2 Å². The summed E-state index contributed by atoms with van der Waals surface area (Å²) in [5.41, 5.74) is 1.65. The third-order valence-electron chi connectivity index (χ3n) is 3.58. The van der Waals surface area contributed by atoms with Gasteiger partial charge in [-0.15, -0.1) is 0 Å². The van der Waals surface area contributed by atoms with Crippen molar-refractivity contribution >= 4 is 22.8 Å². The van der Waals surface area contributed by atoms with Crippen LogP contribution in [0, 0.1) is 0 Å². The Labute approximate surface area is 130 Å². The fourth-order valence-electron chi connectivity index (χ4n) is 2.37. The molecular weight excluding hydrogens is 274 g/mol. The highest BCUT2D eigenvalue weighted by Gasteiger charge is 2.10. The van der Waals surface area contributed by atoms with Gasteiger partial charge in [-0.2, -0.15) is 0 Å². The maximum Gasteiger partial charge on any atom is 0.159 e. The maximum absolute atomic E-state index is 9.76. The molecule has 0 unspecified atom stereocenters. The molecule has 3 rings (SSSR count). The van der Waals surface area contributed by atoms with Gasteiger partial charge >= 0.3 is 0 Å². The molecule has 2 aromatic rings. The number of aliphatic imine (C=N–C) groups is 2. The van der Waals surface area contributed by atoms with Crippen molar-refractivity contribution in [2.75, 3.05) is 6.54 Å². The average molecular weight is 293 g/mol. The first-order valence-corrected chi connectivity index (χ1v) is 7.55. The standard InChI is InChI=1S/C18H19N3O/c1-2-3-10-21(22)13-17-12-19-18(20-17)16-9-8-14-6-4-5-7-15(14)11-16/h4-9,11-13,22H,2-3,10H2,1H3/b17-13+. The number of nitrogens with zero attached hydrogens (tertiary/aromatic N) is 3. The third-order valence-corrected chi connectivity index (χ3v) is 3.58. The summed E-state index contributed by atoms with van der Waals surface area (Å²) in [5.74, 6) is 0.681. The summed E-state index contributed by atoms with van der Waals surface area (Å²) in [4.78, 5) is 8.81. The predicted molar refractivity (Wildman–Crippen MR) is 90.5 cm³/mol. The zero-order valence-corrected chi connectivity index (χ0v) is 12.6. The van der Waals surface area contributed by atoms with E-state index in [-0.39, 0.29) is 0 Å². The molecule has 4 nitrogen and oxygen atoms in total. The molecule has 0 saturated heterocycles. The van der Waals surface area contributed by atoms with Gasteiger partial charge in [0, 0.05) is 12.1 Å². The van der Waals surface area contributed by atoms with Gasteiger partial charge in [-0.05, 0) is 23.3 Å². The van der Waals surface area contributed by atoms with Crippen LogP contribution in [0.3, 0.4) is 0 Å². The summed E-state index contributed by atoms with van der Waals surface area (Å²) in [7, 11) is 0. The first-order chi connectivity index (χ1) is 10.8. The largest absolute Gasteiger partial charge is 0.289 e. The first kappa shape index (κ1) is 14.5. The average Bonchev–Trinajstić information content (AvgIpc) is 3.01. The SMILES string of the molecule is CCCCN(O)/C=C1\C=NC(c2ccc3ccccc3c2)=N1. The molecule has 2 aromatic carbocycles. The molecule has 1 aliphatic heterocycles. The molecule has 0 spiro atoms. The summed E-state index contributed by atoms with van der Waals surface area (Å²) in [6, 6.07) is 14.4. The molecule has 1 aliphatic rings. The second kappa shape index (κ2) is 6.54. The minimum absolute atomic E-state index is 0.606. The van der Waals surface area contributed by atoms with Crippen molar-refractivity contribution in [1.82, 2.24) is 5.06 Å². The molecule has 1 heterocycles. The number of rotatable bonds is 5. The van der Waals surface area contributed by atoms with E-state index in [1.54, 1.807) is 12.4 Å². The van der Waals surface area contributed by atoms with Crippen molar-refractivity contribution in [3.8, 4) is 0 Å². The van der Waals surface area contributed by atoms with Gasteiger partial charge in [0.15, 0.2) is 5.84 Å². The van der Waals surface area contributed by atoms with Crippen LogP contribution in [0.25, 0.3) is 10.8 Å². The van der Waals surface area contributed by atoms with Crippen LogP contribution in [0.15, 0.2) is 64.3 Å². The summed E-state index contributed by atoms with van der Waals surface area (Å²) >= 11 is 0. The summed E-state index contributed by atoms with van der Waals surface area (Å²) in [5, 5.41) is 13.3. The molecule has 112 valence electrons. The monoisotopic (exact) mass is 293 g/mol. The molecule has 0 radical (unpaired) electrons.